The summed E-state index contributed by atoms with van der Waals surface area (Å²) in [5, 5.41) is 12.5. The van der Waals surface area contributed by atoms with Gasteiger partial charge in [-0.25, -0.2) is 4.68 Å². The maximum atomic E-state index is 6.13. The Balaban J connectivity index is 1.86. The maximum Gasteiger partial charge on any atom is 0.147 e. The van der Waals surface area contributed by atoms with Crippen molar-refractivity contribution in [3.05, 3.63) is 58.8 Å². The standard InChI is InChI=1S/C13H8Cl2N4O/c14-9-1-3-11(12(15)5-9)13-4-2-10(20-13)6-18-19-7-16-17-8-19/h1-8H. The van der Waals surface area contributed by atoms with Crippen LogP contribution in [0.1, 0.15) is 5.76 Å². The summed E-state index contributed by atoms with van der Waals surface area (Å²) in [6.07, 6.45) is 4.53. The van der Waals surface area contributed by atoms with Crippen molar-refractivity contribution in [3.63, 3.8) is 0 Å². The molecule has 0 aliphatic heterocycles. The summed E-state index contributed by atoms with van der Waals surface area (Å²) in [5.41, 5.74) is 0.778. The van der Waals surface area contributed by atoms with Gasteiger partial charge in [0.15, 0.2) is 0 Å². The number of hydrogen-bond donors (Lipinski definition) is 0. The molecule has 20 heavy (non-hydrogen) atoms. The number of benzene rings is 1. The number of halogens is 2. The fraction of sp³-hybridized carbons (Fsp3) is 0. The molecule has 5 nitrogen and oxygen atoms in total. The lowest BCUT2D eigenvalue weighted by molar-refractivity contribution is 0.574. The highest BCUT2D eigenvalue weighted by Gasteiger charge is 2.08. The number of hydrogen-bond acceptors (Lipinski definition) is 4. The van der Waals surface area contributed by atoms with Gasteiger partial charge in [0.05, 0.1) is 11.2 Å². The molecule has 2 aromatic heterocycles. The highest BCUT2D eigenvalue weighted by atomic mass is 35.5. The molecule has 0 bridgehead atoms. The van der Waals surface area contributed by atoms with Gasteiger partial charge in [-0.2, -0.15) is 5.10 Å². The molecule has 0 amide bonds. The Labute approximate surface area is 124 Å². The molecule has 3 aromatic rings. The van der Waals surface area contributed by atoms with Gasteiger partial charge < -0.3 is 4.42 Å². The number of furan rings is 1. The first-order chi connectivity index (χ1) is 9.72. The quantitative estimate of drug-likeness (QED) is 0.693. The van der Waals surface area contributed by atoms with Crippen molar-refractivity contribution in [2.24, 2.45) is 5.10 Å². The average molecular weight is 307 g/mol. The van der Waals surface area contributed by atoms with Gasteiger partial charge in [-0.1, -0.05) is 23.2 Å². The minimum atomic E-state index is 0.536. The Bertz CT molecular complexity index is 750. The molecule has 0 aliphatic carbocycles. The van der Waals surface area contributed by atoms with Crippen LogP contribution in [0.5, 0.6) is 0 Å². The summed E-state index contributed by atoms with van der Waals surface area (Å²) in [4.78, 5) is 0. The van der Waals surface area contributed by atoms with Gasteiger partial charge in [0.2, 0.25) is 0 Å². The summed E-state index contributed by atoms with van der Waals surface area (Å²) in [5.74, 6) is 1.25. The van der Waals surface area contributed by atoms with Crippen molar-refractivity contribution >= 4 is 29.4 Å². The highest BCUT2D eigenvalue weighted by molar-refractivity contribution is 6.36. The Morgan fingerprint density at radius 2 is 1.90 bits per heavy atom. The predicted octanol–water partition coefficient (Wildman–Crippen LogP) is 3.73. The van der Waals surface area contributed by atoms with Crippen LogP contribution in [-0.2, 0) is 0 Å². The van der Waals surface area contributed by atoms with E-state index in [1.807, 2.05) is 12.1 Å². The summed E-state index contributed by atoms with van der Waals surface area (Å²) in [6.45, 7) is 0. The molecule has 0 fully saturated rings. The molecule has 0 unspecified atom stereocenters. The first-order valence-electron chi connectivity index (χ1n) is 5.66. The predicted molar refractivity (Wildman–Crippen MR) is 77.2 cm³/mol. The van der Waals surface area contributed by atoms with E-state index in [1.54, 1.807) is 24.4 Å². The Hall–Kier alpha value is -2.11. The third kappa shape index (κ3) is 2.74. The van der Waals surface area contributed by atoms with E-state index < -0.39 is 0 Å². The van der Waals surface area contributed by atoms with Gasteiger partial charge in [0.1, 0.15) is 24.2 Å². The molecule has 0 atom stereocenters. The molecule has 0 aliphatic rings. The van der Waals surface area contributed by atoms with Gasteiger partial charge in [-0.15, -0.1) is 10.2 Å². The van der Waals surface area contributed by atoms with Gasteiger partial charge >= 0.3 is 0 Å². The molecule has 0 saturated heterocycles. The molecular formula is C13H8Cl2N4O. The molecular weight excluding hydrogens is 299 g/mol. The van der Waals surface area contributed by atoms with Crippen LogP contribution in [0.4, 0.5) is 0 Å². The molecule has 0 N–H and O–H groups in total. The van der Waals surface area contributed by atoms with Crippen LogP contribution in [0.2, 0.25) is 10.0 Å². The second kappa shape index (κ2) is 5.48. The molecule has 1 aromatic carbocycles. The van der Waals surface area contributed by atoms with Crippen molar-refractivity contribution in [1.82, 2.24) is 14.9 Å². The lowest BCUT2D eigenvalue weighted by Crippen LogP contribution is -1.84. The summed E-state index contributed by atoms with van der Waals surface area (Å²) in [7, 11) is 0. The average Bonchev–Trinajstić information content (AvgIpc) is 3.07. The van der Waals surface area contributed by atoms with E-state index >= 15 is 0 Å². The zero-order valence-corrected chi connectivity index (χ0v) is 11.6. The van der Waals surface area contributed by atoms with Crippen LogP contribution in [0.3, 0.4) is 0 Å². The third-order valence-corrected chi connectivity index (χ3v) is 3.10. The minimum absolute atomic E-state index is 0.536. The Morgan fingerprint density at radius 1 is 1.10 bits per heavy atom. The van der Waals surface area contributed by atoms with Crippen molar-refractivity contribution in [2.45, 2.75) is 0 Å². The van der Waals surface area contributed by atoms with Crippen LogP contribution < -0.4 is 0 Å². The molecule has 0 spiro atoms. The van der Waals surface area contributed by atoms with Crippen LogP contribution >= 0.6 is 23.2 Å². The van der Waals surface area contributed by atoms with E-state index in [1.165, 1.54) is 17.3 Å². The highest BCUT2D eigenvalue weighted by Crippen LogP contribution is 2.31. The maximum absolute atomic E-state index is 6.13. The van der Waals surface area contributed by atoms with Crippen molar-refractivity contribution in [1.29, 1.82) is 0 Å². The van der Waals surface area contributed by atoms with Crippen LogP contribution in [0.15, 0.2) is 52.5 Å². The second-order valence-corrected chi connectivity index (χ2v) is 4.76. The summed E-state index contributed by atoms with van der Waals surface area (Å²) >= 11 is 12.0. The van der Waals surface area contributed by atoms with E-state index in [9.17, 15) is 0 Å². The van der Waals surface area contributed by atoms with Gasteiger partial charge in [-0.3, -0.25) is 0 Å². The van der Waals surface area contributed by atoms with E-state index in [4.69, 9.17) is 27.6 Å². The monoisotopic (exact) mass is 306 g/mol. The molecule has 0 radical (unpaired) electrons. The van der Waals surface area contributed by atoms with Crippen molar-refractivity contribution in [3.8, 4) is 11.3 Å². The van der Waals surface area contributed by atoms with E-state index in [-0.39, 0.29) is 0 Å². The zero-order chi connectivity index (χ0) is 13.9. The normalized spacial score (nSPS) is 11.3. The SMILES string of the molecule is Clc1ccc(-c2ccc(C=Nn3cnnc3)o2)c(Cl)c1. The zero-order valence-electron chi connectivity index (χ0n) is 10.1. The lowest BCUT2D eigenvalue weighted by atomic mass is 10.2. The largest absolute Gasteiger partial charge is 0.455 e. The fourth-order valence-corrected chi connectivity index (χ4v) is 2.14. The van der Waals surface area contributed by atoms with Crippen molar-refractivity contribution < 1.29 is 4.42 Å². The number of rotatable bonds is 3. The first kappa shape index (κ1) is 12.9. The summed E-state index contributed by atoms with van der Waals surface area (Å²) < 4.78 is 7.13. The van der Waals surface area contributed by atoms with E-state index in [2.05, 4.69) is 15.3 Å². The molecule has 3 rings (SSSR count). The van der Waals surface area contributed by atoms with E-state index in [0.717, 1.165) is 5.56 Å². The van der Waals surface area contributed by atoms with Crippen molar-refractivity contribution in [2.75, 3.05) is 0 Å². The second-order valence-electron chi connectivity index (χ2n) is 3.91. The third-order valence-electron chi connectivity index (χ3n) is 2.55. The Morgan fingerprint density at radius 3 is 2.65 bits per heavy atom. The van der Waals surface area contributed by atoms with Crippen LogP contribution in [0, 0.1) is 0 Å². The van der Waals surface area contributed by atoms with Gasteiger partial charge in [-0.05, 0) is 30.3 Å². The van der Waals surface area contributed by atoms with Gasteiger partial charge in [0.25, 0.3) is 0 Å². The van der Waals surface area contributed by atoms with Crippen LogP contribution in [-0.4, -0.2) is 21.1 Å². The Kier molecular flexibility index (Phi) is 3.54. The molecule has 0 saturated carbocycles. The minimum Gasteiger partial charge on any atom is -0.455 e. The van der Waals surface area contributed by atoms with Crippen LogP contribution in [0.25, 0.3) is 11.3 Å². The molecule has 7 heteroatoms. The fourth-order valence-electron chi connectivity index (χ4n) is 1.63. The number of aromatic nitrogens is 3. The smallest absolute Gasteiger partial charge is 0.147 e. The molecule has 2 heterocycles. The lowest BCUT2D eigenvalue weighted by Gasteiger charge is -2.00. The topological polar surface area (TPSA) is 56.2 Å². The summed E-state index contributed by atoms with van der Waals surface area (Å²) in [6, 6.07) is 8.86. The molecule has 100 valence electrons. The van der Waals surface area contributed by atoms with E-state index in [0.29, 0.717) is 21.6 Å². The van der Waals surface area contributed by atoms with Gasteiger partial charge in [0, 0.05) is 10.6 Å². The number of nitrogens with zero attached hydrogens (tertiary/aromatic N) is 4. The first-order valence-corrected chi connectivity index (χ1v) is 6.42.